The number of benzene rings is 2. The van der Waals surface area contributed by atoms with Crippen LogP contribution in [0.25, 0.3) is 0 Å². The van der Waals surface area contributed by atoms with E-state index in [0.717, 1.165) is 16.1 Å². The molecular formula is C19H19NO3S. The summed E-state index contributed by atoms with van der Waals surface area (Å²) in [5, 5.41) is -0.137. The van der Waals surface area contributed by atoms with Crippen molar-refractivity contribution in [1.29, 1.82) is 0 Å². The molecule has 4 nitrogen and oxygen atoms in total. The largest absolute Gasteiger partial charge is 0.496 e. The number of carbonyl (C=O) groups is 2. The second-order valence-corrected chi connectivity index (χ2v) is 7.12. The van der Waals surface area contributed by atoms with Gasteiger partial charge in [-0.25, -0.2) is 0 Å². The Balaban J connectivity index is 2.02. The average molecular weight is 341 g/mol. The van der Waals surface area contributed by atoms with Crippen LogP contribution in [0.1, 0.15) is 29.8 Å². The molecule has 0 N–H and O–H groups in total. The summed E-state index contributed by atoms with van der Waals surface area (Å²) in [6.45, 7) is 3.83. The quantitative estimate of drug-likeness (QED) is 0.791. The molecule has 0 fully saturated rings. The summed E-state index contributed by atoms with van der Waals surface area (Å²) in [7, 11) is 1.59. The van der Waals surface area contributed by atoms with Crippen LogP contribution in [0.15, 0.2) is 47.4 Å². The molecule has 1 amide bonds. The maximum absolute atomic E-state index is 12.7. The summed E-state index contributed by atoms with van der Waals surface area (Å²) < 4.78 is 5.42. The highest BCUT2D eigenvalue weighted by molar-refractivity contribution is 8.00. The molecule has 0 saturated carbocycles. The van der Waals surface area contributed by atoms with E-state index in [-0.39, 0.29) is 16.9 Å². The van der Waals surface area contributed by atoms with Crippen molar-refractivity contribution in [2.24, 2.45) is 0 Å². The van der Waals surface area contributed by atoms with E-state index in [1.54, 1.807) is 35.9 Å². The Morgan fingerprint density at radius 2 is 2.00 bits per heavy atom. The second-order valence-electron chi connectivity index (χ2n) is 5.73. The Hall–Kier alpha value is -2.27. The highest BCUT2D eigenvalue weighted by atomic mass is 32.2. The smallest absolute Gasteiger partial charge is 0.240 e. The van der Waals surface area contributed by atoms with Gasteiger partial charge in [-0.05, 0) is 44.2 Å². The molecule has 2 aromatic rings. The minimum absolute atomic E-state index is 0.00630. The van der Waals surface area contributed by atoms with E-state index >= 15 is 0 Å². The first-order valence-corrected chi connectivity index (χ1v) is 8.64. The molecule has 24 heavy (non-hydrogen) atoms. The third kappa shape index (κ3) is 3.04. The fourth-order valence-electron chi connectivity index (χ4n) is 2.81. The lowest BCUT2D eigenvalue weighted by atomic mass is 10.1. The molecule has 0 bridgehead atoms. The van der Waals surface area contributed by atoms with Gasteiger partial charge in [0.15, 0.2) is 5.78 Å². The highest BCUT2D eigenvalue weighted by Crippen LogP contribution is 2.40. The van der Waals surface area contributed by atoms with Crippen molar-refractivity contribution in [1.82, 2.24) is 0 Å². The molecule has 5 heteroatoms. The molecule has 1 atom stereocenters. The Kier molecular flexibility index (Phi) is 4.62. The van der Waals surface area contributed by atoms with Crippen molar-refractivity contribution in [2.45, 2.75) is 30.5 Å². The number of hydrogen-bond donors (Lipinski definition) is 0. The summed E-state index contributed by atoms with van der Waals surface area (Å²) in [5.74, 6) is 0.735. The number of thioether (sulfide) groups is 1. The lowest BCUT2D eigenvalue weighted by Gasteiger charge is -2.32. The van der Waals surface area contributed by atoms with Gasteiger partial charge in [0, 0.05) is 16.0 Å². The van der Waals surface area contributed by atoms with Crippen molar-refractivity contribution >= 4 is 29.1 Å². The number of nitrogens with zero attached hydrogens (tertiary/aromatic N) is 1. The number of methoxy groups -OCH3 is 1. The van der Waals surface area contributed by atoms with Gasteiger partial charge in [0.25, 0.3) is 0 Å². The first kappa shape index (κ1) is 16.6. The average Bonchev–Trinajstić information content (AvgIpc) is 2.58. The van der Waals surface area contributed by atoms with Crippen molar-refractivity contribution in [3.63, 3.8) is 0 Å². The Bertz CT molecular complexity index is 803. The number of carbonyl (C=O) groups excluding carboxylic acids is 2. The summed E-state index contributed by atoms with van der Waals surface area (Å²) in [4.78, 5) is 27.3. The fourth-order valence-corrected chi connectivity index (χ4v) is 3.88. The molecule has 0 aromatic heterocycles. The van der Waals surface area contributed by atoms with Crippen molar-refractivity contribution in [3.8, 4) is 5.75 Å². The number of ketones is 1. The lowest BCUT2D eigenvalue weighted by molar-refractivity contribution is -0.118. The van der Waals surface area contributed by atoms with E-state index in [9.17, 15) is 9.59 Å². The van der Waals surface area contributed by atoms with Gasteiger partial charge < -0.3 is 9.64 Å². The Labute approximate surface area is 145 Å². The van der Waals surface area contributed by atoms with E-state index in [0.29, 0.717) is 17.9 Å². The molecule has 0 aliphatic carbocycles. The van der Waals surface area contributed by atoms with E-state index in [4.69, 9.17) is 4.74 Å². The SMILES string of the molecule is COc1ccc(C(C)=O)cc1CN1C(=O)C(C)Sc2ccccc21. The van der Waals surface area contributed by atoms with E-state index in [2.05, 4.69) is 0 Å². The van der Waals surface area contributed by atoms with Crippen LogP contribution in [-0.4, -0.2) is 24.1 Å². The van der Waals surface area contributed by atoms with Gasteiger partial charge >= 0.3 is 0 Å². The van der Waals surface area contributed by atoms with Crippen LogP contribution in [0, 0.1) is 0 Å². The van der Waals surface area contributed by atoms with Gasteiger partial charge in [-0.15, -0.1) is 11.8 Å². The Morgan fingerprint density at radius 3 is 2.71 bits per heavy atom. The number of para-hydroxylation sites is 1. The molecule has 3 rings (SSSR count). The second kappa shape index (κ2) is 6.69. The third-order valence-electron chi connectivity index (χ3n) is 4.09. The molecule has 0 saturated heterocycles. The van der Waals surface area contributed by atoms with Crippen molar-refractivity contribution in [3.05, 3.63) is 53.6 Å². The molecule has 1 unspecified atom stereocenters. The fraction of sp³-hybridized carbons (Fsp3) is 0.263. The van der Waals surface area contributed by atoms with Crippen LogP contribution in [0.5, 0.6) is 5.75 Å². The van der Waals surface area contributed by atoms with E-state index in [1.807, 2.05) is 37.3 Å². The van der Waals surface area contributed by atoms with Crippen molar-refractivity contribution in [2.75, 3.05) is 12.0 Å². The monoisotopic (exact) mass is 341 g/mol. The van der Waals surface area contributed by atoms with Crippen molar-refractivity contribution < 1.29 is 14.3 Å². The topological polar surface area (TPSA) is 46.6 Å². The molecule has 124 valence electrons. The number of fused-ring (bicyclic) bond motifs is 1. The van der Waals surface area contributed by atoms with Gasteiger partial charge in [0.2, 0.25) is 5.91 Å². The van der Waals surface area contributed by atoms with E-state index in [1.165, 1.54) is 6.92 Å². The number of ether oxygens (including phenoxy) is 1. The lowest BCUT2D eigenvalue weighted by Crippen LogP contribution is -2.39. The number of hydrogen-bond acceptors (Lipinski definition) is 4. The van der Waals surface area contributed by atoms with Gasteiger partial charge in [-0.1, -0.05) is 12.1 Å². The van der Waals surface area contributed by atoms with Gasteiger partial charge in [-0.3, -0.25) is 9.59 Å². The van der Waals surface area contributed by atoms with Crippen LogP contribution < -0.4 is 9.64 Å². The molecular weight excluding hydrogens is 322 g/mol. The maximum atomic E-state index is 12.7. The minimum atomic E-state index is -0.137. The summed E-state index contributed by atoms with van der Waals surface area (Å²) in [6, 6.07) is 13.2. The molecule has 0 radical (unpaired) electrons. The molecule has 2 aromatic carbocycles. The molecule has 1 heterocycles. The van der Waals surface area contributed by atoms with Crippen LogP contribution in [0.2, 0.25) is 0 Å². The highest BCUT2D eigenvalue weighted by Gasteiger charge is 2.31. The first-order valence-electron chi connectivity index (χ1n) is 7.76. The van der Waals surface area contributed by atoms with Crippen LogP contribution in [-0.2, 0) is 11.3 Å². The summed E-state index contributed by atoms with van der Waals surface area (Å²) in [6.07, 6.45) is 0. The number of amides is 1. The first-order chi connectivity index (χ1) is 11.5. The minimum Gasteiger partial charge on any atom is -0.496 e. The normalized spacial score (nSPS) is 16.7. The summed E-state index contributed by atoms with van der Waals surface area (Å²) in [5.41, 5.74) is 2.35. The molecule has 1 aliphatic rings. The number of Topliss-reactive ketones (excluding diaryl/α,β-unsaturated/α-hetero) is 1. The Morgan fingerprint density at radius 1 is 1.25 bits per heavy atom. The third-order valence-corrected chi connectivity index (χ3v) is 5.24. The predicted octanol–water partition coefficient (Wildman–Crippen LogP) is 3.93. The zero-order valence-electron chi connectivity index (χ0n) is 13.9. The van der Waals surface area contributed by atoms with Crippen LogP contribution >= 0.6 is 11.8 Å². The zero-order chi connectivity index (χ0) is 17.3. The predicted molar refractivity (Wildman–Crippen MR) is 95.9 cm³/mol. The van der Waals surface area contributed by atoms with Gasteiger partial charge in [0.1, 0.15) is 5.75 Å². The molecule has 0 spiro atoms. The van der Waals surface area contributed by atoms with Crippen LogP contribution in [0.4, 0.5) is 5.69 Å². The number of anilines is 1. The van der Waals surface area contributed by atoms with E-state index < -0.39 is 0 Å². The van der Waals surface area contributed by atoms with Crippen LogP contribution in [0.3, 0.4) is 0 Å². The zero-order valence-corrected chi connectivity index (χ0v) is 14.7. The number of rotatable bonds is 4. The summed E-state index contributed by atoms with van der Waals surface area (Å²) >= 11 is 1.58. The standard InChI is InChI=1S/C19H19NO3S/c1-12(21)14-8-9-17(23-3)15(10-14)11-20-16-6-4-5-7-18(16)24-13(2)19(20)22/h4-10,13H,11H2,1-3H3. The van der Waals surface area contributed by atoms with Gasteiger partial charge in [0.05, 0.1) is 24.6 Å². The van der Waals surface area contributed by atoms with Gasteiger partial charge in [-0.2, -0.15) is 0 Å². The molecule has 1 aliphatic heterocycles. The maximum Gasteiger partial charge on any atom is 0.240 e.